The van der Waals surface area contributed by atoms with Crippen molar-refractivity contribution in [2.75, 3.05) is 18.5 Å². The standard InChI is InChI=1S/C25H29N3O2S/c1-2-3-10-30-13-18-11-17(12-22(18)29)20-14-31-24-23(20)26-15-27-25(24)28-21-9-8-16-6-4-5-7-19(16)21/h4-7,11,14-15,17,21-22,29H,2-3,8-10,12-13H2,1H3,(H,26,27,28)/t17-,21+,22-/m1/s1. The van der Waals surface area contributed by atoms with Gasteiger partial charge in [0.2, 0.25) is 0 Å². The highest BCUT2D eigenvalue weighted by molar-refractivity contribution is 7.18. The van der Waals surface area contributed by atoms with Gasteiger partial charge in [-0.3, -0.25) is 0 Å². The molecule has 162 valence electrons. The second kappa shape index (κ2) is 9.07. The van der Waals surface area contributed by atoms with E-state index in [1.54, 1.807) is 17.7 Å². The molecule has 5 nitrogen and oxygen atoms in total. The maximum absolute atomic E-state index is 10.5. The smallest absolute Gasteiger partial charge is 0.147 e. The molecule has 31 heavy (non-hydrogen) atoms. The Balaban J connectivity index is 1.36. The van der Waals surface area contributed by atoms with E-state index in [1.807, 2.05) is 0 Å². The molecule has 2 heterocycles. The number of nitrogens with one attached hydrogen (secondary N) is 1. The molecule has 0 aliphatic heterocycles. The fourth-order valence-corrected chi connectivity index (χ4v) is 5.77. The summed E-state index contributed by atoms with van der Waals surface area (Å²) < 4.78 is 6.84. The molecule has 6 heteroatoms. The van der Waals surface area contributed by atoms with Crippen molar-refractivity contribution in [1.29, 1.82) is 0 Å². The SMILES string of the molecule is CCCCOCC1=C[C@@H](c2csc3c(N[C@H]4CCc5ccccc54)ncnc23)C[C@H]1O. The first-order valence-corrected chi connectivity index (χ1v) is 12.2. The number of rotatable bonds is 8. The number of anilines is 1. The summed E-state index contributed by atoms with van der Waals surface area (Å²) in [4.78, 5) is 9.19. The van der Waals surface area contributed by atoms with Crippen molar-refractivity contribution in [3.05, 3.63) is 64.3 Å². The minimum Gasteiger partial charge on any atom is -0.389 e. The van der Waals surface area contributed by atoms with E-state index in [1.165, 1.54) is 16.7 Å². The van der Waals surface area contributed by atoms with E-state index in [0.717, 1.165) is 53.9 Å². The summed E-state index contributed by atoms with van der Waals surface area (Å²) in [5.41, 5.74) is 5.97. The average molecular weight is 436 g/mol. The quantitative estimate of drug-likeness (QED) is 0.367. The zero-order valence-corrected chi connectivity index (χ0v) is 18.7. The lowest BCUT2D eigenvalue weighted by molar-refractivity contribution is 0.126. The number of ether oxygens (including phenoxy) is 1. The summed E-state index contributed by atoms with van der Waals surface area (Å²) in [7, 11) is 0. The molecule has 1 aromatic carbocycles. The third kappa shape index (κ3) is 4.12. The van der Waals surface area contributed by atoms with Gasteiger partial charge in [0.15, 0.2) is 0 Å². The van der Waals surface area contributed by atoms with Gasteiger partial charge in [-0.2, -0.15) is 0 Å². The molecule has 5 rings (SSSR count). The minimum absolute atomic E-state index is 0.170. The van der Waals surface area contributed by atoms with Crippen LogP contribution in [0.4, 0.5) is 5.82 Å². The minimum atomic E-state index is -0.434. The molecule has 3 aromatic rings. The molecule has 2 aliphatic rings. The molecular formula is C25H29N3O2S. The van der Waals surface area contributed by atoms with E-state index in [4.69, 9.17) is 4.74 Å². The van der Waals surface area contributed by atoms with Crippen molar-refractivity contribution < 1.29 is 9.84 Å². The van der Waals surface area contributed by atoms with Gasteiger partial charge in [0.25, 0.3) is 0 Å². The Labute approximate surface area is 187 Å². The van der Waals surface area contributed by atoms with Gasteiger partial charge < -0.3 is 15.2 Å². The lowest BCUT2D eigenvalue weighted by Gasteiger charge is -2.15. The molecule has 2 aliphatic carbocycles. The number of aromatic nitrogens is 2. The van der Waals surface area contributed by atoms with Crippen LogP contribution in [0, 0.1) is 0 Å². The van der Waals surface area contributed by atoms with Gasteiger partial charge in [0, 0.05) is 12.5 Å². The normalized spacial score (nSPS) is 22.6. The zero-order chi connectivity index (χ0) is 21.2. The molecular weight excluding hydrogens is 406 g/mol. The van der Waals surface area contributed by atoms with Crippen LogP contribution < -0.4 is 5.32 Å². The van der Waals surface area contributed by atoms with Crippen molar-refractivity contribution >= 4 is 27.4 Å². The first-order chi connectivity index (χ1) is 15.2. The summed E-state index contributed by atoms with van der Waals surface area (Å²) in [6.07, 6.45) is 8.46. The van der Waals surface area contributed by atoms with Crippen LogP contribution in [0.5, 0.6) is 0 Å². The lowest BCUT2D eigenvalue weighted by atomic mass is 10.0. The van der Waals surface area contributed by atoms with Crippen LogP contribution in [0.1, 0.15) is 61.3 Å². The number of allylic oxidation sites excluding steroid dienone is 1. The van der Waals surface area contributed by atoms with Gasteiger partial charge in [0.05, 0.1) is 29.0 Å². The van der Waals surface area contributed by atoms with Crippen molar-refractivity contribution in [2.24, 2.45) is 0 Å². The largest absolute Gasteiger partial charge is 0.389 e. The van der Waals surface area contributed by atoms with E-state index in [-0.39, 0.29) is 5.92 Å². The second-order valence-electron chi connectivity index (χ2n) is 8.53. The molecule has 2 aromatic heterocycles. The molecule has 0 fully saturated rings. The van der Waals surface area contributed by atoms with Crippen LogP contribution in [-0.4, -0.2) is 34.4 Å². The fourth-order valence-electron chi connectivity index (χ4n) is 4.73. The number of aliphatic hydroxyl groups excluding tert-OH is 1. The topological polar surface area (TPSA) is 67.3 Å². The number of fused-ring (bicyclic) bond motifs is 2. The second-order valence-corrected chi connectivity index (χ2v) is 9.41. The molecule has 0 saturated carbocycles. The number of nitrogens with zero attached hydrogens (tertiary/aromatic N) is 2. The van der Waals surface area contributed by atoms with Gasteiger partial charge in [-0.1, -0.05) is 43.7 Å². The Morgan fingerprint density at radius 3 is 3.03 bits per heavy atom. The summed E-state index contributed by atoms with van der Waals surface area (Å²) >= 11 is 1.69. The predicted molar refractivity (Wildman–Crippen MR) is 126 cm³/mol. The number of aryl methyl sites for hydroxylation is 1. The van der Waals surface area contributed by atoms with Gasteiger partial charge in [-0.25, -0.2) is 9.97 Å². The van der Waals surface area contributed by atoms with Gasteiger partial charge in [0.1, 0.15) is 12.1 Å². The number of benzene rings is 1. The van der Waals surface area contributed by atoms with E-state index in [9.17, 15) is 5.11 Å². The first kappa shape index (κ1) is 20.6. The maximum Gasteiger partial charge on any atom is 0.147 e. The summed E-state index contributed by atoms with van der Waals surface area (Å²) in [6, 6.07) is 8.95. The Morgan fingerprint density at radius 1 is 1.23 bits per heavy atom. The molecule has 0 spiro atoms. The number of aliphatic hydroxyl groups is 1. The number of thiophene rings is 1. The van der Waals surface area contributed by atoms with Crippen LogP contribution in [0.3, 0.4) is 0 Å². The van der Waals surface area contributed by atoms with Crippen LogP contribution in [0.25, 0.3) is 10.2 Å². The van der Waals surface area contributed by atoms with Crippen LogP contribution >= 0.6 is 11.3 Å². The molecule has 0 amide bonds. The molecule has 3 atom stereocenters. The van der Waals surface area contributed by atoms with Gasteiger partial charge >= 0.3 is 0 Å². The molecule has 2 N–H and O–H groups in total. The van der Waals surface area contributed by atoms with Gasteiger partial charge in [-0.05, 0) is 53.3 Å². The number of hydrogen-bond acceptors (Lipinski definition) is 6. The predicted octanol–water partition coefficient (Wildman–Crippen LogP) is 5.38. The highest BCUT2D eigenvalue weighted by atomic mass is 32.1. The van der Waals surface area contributed by atoms with E-state index < -0.39 is 6.10 Å². The Kier molecular flexibility index (Phi) is 6.03. The van der Waals surface area contributed by atoms with E-state index in [2.05, 4.69) is 57.9 Å². The molecule has 0 radical (unpaired) electrons. The number of unbranched alkanes of at least 4 members (excludes halogenated alkanes) is 1. The van der Waals surface area contributed by atoms with E-state index >= 15 is 0 Å². The van der Waals surface area contributed by atoms with Crippen LogP contribution in [-0.2, 0) is 11.2 Å². The van der Waals surface area contributed by atoms with Crippen molar-refractivity contribution in [3.8, 4) is 0 Å². The fraction of sp³-hybridized carbons (Fsp3) is 0.440. The summed E-state index contributed by atoms with van der Waals surface area (Å²) in [5, 5.41) is 16.4. The third-order valence-electron chi connectivity index (χ3n) is 6.46. The highest BCUT2D eigenvalue weighted by Crippen LogP contribution is 2.41. The third-order valence-corrected chi connectivity index (χ3v) is 7.45. The Bertz CT molecular complexity index is 1090. The maximum atomic E-state index is 10.5. The van der Waals surface area contributed by atoms with Gasteiger partial charge in [-0.15, -0.1) is 11.3 Å². The molecule has 0 saturated heterocycles. The van der Waals surface area contributed by atoms with Crippen LogP contribution in [0.2, 0.25) is 0 Å². The monoisotopic (exact) mass is 435 g/mol. The molecule has 0 bridgehead atoms. The van der Waals surface area contributed by atoms with Crippen molar-refractivity contribution in [1.82, 2.24) is 9.97 Å². The highest BCUT2D eigenvalue weighted by Gasteiger charge is 2.29. The van der Waals surface area contributed by atoms with E-state index in [0.29, 0.717) is 19.1 Å². The summed E-state index contributed by atoms with van der Waals surface area (Å²) in [5.74, 6) is 1.08. The van der Waals surface area contributed by atoms with Crippen molar-refractivity contribution in [2.45, 2.75) is 57.1 Å². The number of hydrogen-bond donors (Lipinski definition) is 2. The summed E-state index contributed by atoms with van der Waals surface area (Å²) in [6.45, 7) is 3.42. The molecule has 0 unspecified atom stereocenters. The van der Waals surface area contributed by atoms with Crippen molar-refractivity contribution in [3.63, 3.8) is 0 Å². The average Bonchev–Trinajstić information content (AvgIpc) is 3.49. The van der Waals surface area contributed by atoms with Crippen LogP contribution in [0.15, 0.2) is 47.6 Å². The Morgan fingerprint density at radius 2 is 2.13 bits per heavy atom. The lowest BCUT2D eigenvalue weighted by Crippen LogP contribution is -2.11. The zero-order valence-electron chi connectivity index (χ0n) is 17.9. The Hall–Kier alpha value is -2.28. The first-order valence-electron chi connectivity index (χ1n) is 11.3.